The fourth-order valence-electron chi connectivity index (χ4n) is 2.49. The summed E-state index contributed by atoms with van der Waals surface area (Å²) in [5.74, 6) is 0.322. The summed E-state index contributed by atoms with van der Waals surface area (Å²) in [6.07, 6.45) is 0.629. The van der Waals surface area contributed by atoms with E-state index in [2.05, 4.69) is 10.1 Å². The van der Waals surface area contributed by atoms with Gasteiger partial charge in [-0.2, -0.15) is 4.98 Å². The number of sulfonamides is 1. The largest absolute Gasteiger partial charge is 0.339 e. The number of primary sulfonamides is 1. The predicted molar refractivity (Wildman–Crippen MR) is 92.9 cm³/mol. The molecule has 3 rings (SSSR count). The van der Waals surface area contributed by atoms with Crippen LogP contribution < -0.4 is 10.9 Å². The lowest BCUT2D eigenvalue weighted by atomic mass is 10.0. The maximum Gasteiger partial charge on any atom is 0.238 e. The van der Waals surface area contributed by atoms with Gasteiger partial charge in [0, 0.05) is 18.0 Å². The lowest BCUT2D eigenvalue weighted by Gasteiger charge is -2.09. The average Bonchev–Trinajstić information content (AvgIpc) is 3.05. The second kappa shape index (κ2) is 7.32. The second-order valence-electron chi connectivity index (χ2n) is 5.84. The van der Waals surface area contributed by atoms with Crippen LogP contribution in [0.4, 0.5) is 4.39 Å². The molecule has 0 radical (unpaired) electrons. The summed E-state index contributed by atoms with van der Waals surface area (Å²) in [6.45, 7) is 0. The molecular formula is C17H17FN4O3S. The molecule has 26 heavy (non-hydrogen) atoms. The Hall–Kier alpha value is -2.62. The van der Waals surface area contributed by atoms with E-state index in [1.165, 1.54) is 30.3 Å². The molecule has 0 saturated carbocycles. The van der Waals surface area contributed by atoms with E-state index >= 15 is 0 Å². The van der Waals surface area contributed by atoms with Gasteiger partial charge in [-0.15, -0.1) is 0 Å². The summed E-state index contributed by atoms with van der Waals surface area (Å²) in [5, 5.41) is 8.92. The van der Waals surface area contributed by atoms with Gasteiger partial charge in [-0.1, -0.05) is 23.4 Å². The van der Waals surface area contributed by atoms with Crippen molar-refractivity contribution in [3.05, 3.63) is 65.8 Å². The first-order chi connectivity index (χ1) is 12.3. The summed E-state index contributed by atoms with van der Waals surface area (Å²) in [6, 6.07) is 11.9. The topological polar surface area (TPSA) is 125 Å². The van der Waals surface area contributed by atoms with Gasteiger partial charge in [-0.25, -0.2) is 17.9 Å². The van der Waals surface area contributed by atoms with Crippen LogP contribution in [0, 0.1) is 5.82 Å². The van der Waals surface area contributed by atoms with Crippen molar-refractivity contribution in [1.29, 1.82) is 0 Å². The first-order valence-corrected chi connectivity index (χ1v) is 9.32. The van der Waals surface area contributed by atoms with E-state index in [4.69, 9.17) is 15.4 Å². The molecule has 0 unspecified atom stereocenters. The van der Waals surface area contributed by atoms with Gasteiger partial charge in [0.15, 0.2) is 0 Å². The Morgan fingerprint density at radius 3 is 2.42 bits per heavy atom. The first kappa shape index (κ1) is 18.2. The fraction of sp³-hybridized carbons (Fsp3) is 0.176. The van der Waals surface area contributed by atoms with E-state index in [0.717, 1.165) is 0 Å². The summed E-state index contributed by atoms with van der Waals surface area (Å²) >= 11 is 0. The normalized spacial score (nSPS) is 12.9. The molecular weight excluding hydrogens is 359 g/mol. The Bertz CT molecular complexity index is 1000. The van der Waals surface area contributed by atoms with Crippen LogP contribution in [-0.2, 0) is 22.9 Å². The van der Waals surface area contributed by atoms with Crippen molar-refractivity contribution in [1.82, 2.24) is 10.1 Å². The first-order valence-electron chi connectivity index (χ1n) is 7.78. The number of nitrogens with two attached hydrogens (primary N) is 2. The summed E-state index contributed by atoms with van der Waals surface area (Å²) < 4.78 is 41.4. The maximum absolute atomic E-state index is 13.7. The Morgan fingerprint density at radius 1 is 1.08 bits per heavy atom. The third-order valence-corrected chi connectivity index (χ3v) is 4.72. The Kier molecular flexibility index (Phi) is 5.12. The minimum absolute atomic E-state index is 0.00289. The van der Waals surface area contributed by atoms with Gasteiger partial charge in [0.1, 0.15) is 5.82 Å². The predicted octanol–water partition coefficient (Wildman–Crippen LogP) is 1.64. The zero-order valence-electron chi connectivity index (χ0n) is 13.7. The molecule has 0 fully saturated rings. The number of hydrogen-bond donors (Lipinski definition) is 2. The summed E-state index contributed by atoms with van der Waals surface area (Å²) in [4.78, 5) is 4.24. The van der Waals surface area contributed by atoms with Crippen molar-refractivity contribution in [2.45, 2.75) is 23.8 Å². The van der Waals surface area contributed by atoms with E-state index in [0.29, 0.717) is 29.3 Å². The minimum atomic E-state index is -3.76. The fourth-order valence-corrected chi connectivity index (χ4v) is 3.01. The van der Waals surface area contributed by atoms with E-state index in [1.54, 1.807) is 18.2 Å². The number of rotatable bonds is 6. The van der Waals surface area contributed by atoms with Gasteiger partial charge in [-0.3, -0.25) is 0 Å². The number of benzene rings is 2. The van der Waals surface area contributed by atoms with Crippen LogP contribution in [0.2, 0.25) is 0 Å². The molecule has 0 spiro atoms. The van der Waals surface area contributed by atoms with Crippen molar-refractivity contribution in [3.8, 4) is 11.4 Å². The molecule has 7 nitrogen and oxygen atoms in total. The lowest BCUT2D eigenvalue weighted by molar-refractivity contribution is 0.368. The van der Waals surface area contributed by atoms with Crippen molar-refractivity contribution in [3.63, 3.8) is 0 Å². The smallest absolute Gasteiger partial charge is 0.238 e. The van der Waals surface area contributed by atoms with Crippen LogP contribution in [0.25, 0.3) is 11.4 Å². The molecule has 0 aliphatic carbocycles. The van der Waals surface area contributed by atoms with Crippen LogP contribution >= 0.6 is 0 Å². The van der Waals surface area contributed by atoms with Crippen LogP contribution in [0.1, 0.15) is 11.5 Å². The van der Waals surface area contributed by atoms with Crippen molar-refractivity contribution < 1.29 is 17.3 Å². The van der Waals surface area contributed by atoms with Gasteiger partial charge in [0.25, 0.3) is 0 Å². The van der Waals surface area contributed by atoms with Gasteiger partial charge in [0.05, 0.1) is 4.90 Å². The monoisotopic (exact) mass is 376 g/mol. The molecule has 1 heterocycles. The van der Waals surface area contributed by atoms with Gasteiger partial charge in [-0.05, 0) is 42.3 Å². The second-order valence-corrected chi connectivity index (χ2v) is 7.40. The number of halogens is 1. The molecule has 0 aliphatic rings. The Labute approximate surface area is 149 Å². The number of hydrogen-bond acceptors (Lipinski definition) is 6. The Balaban J connectivity index is 1.69. The molecule has 3 aromatic rings. The van der Waals surface area contributed by atoms with Crippen molar-refractivity contribution in [2.75, 3.05) is 0 Å². The van der Waals surface area contributed by atoms with Crippen LogP contribution in [-0.4, -0.2) is 24.6 Å². The van der Waals surface area contributed by atoms with E-state index < -0.39 is 10.0 Å². The molecule has 0 bridgehead atoms. The quantitative estimate of drug-likeness (QED) is 0.674. The van der Waals surface area contributed by atoms with Crippen LogP contribution in [0.5, 0.6) is 0 Å². The molecule has 0 aliphatic heterocycles. The average molecular weight is 376 g/mol. The highest BCUT2D eigenvalue weighted by Crippen LogP contribution is 2.19. The van der Waals surface area contributed by atoms with Gasteiger partial charge < -0.3 is 10.3 Å². The highest BCUT2D eigenvalue weighted by atomic mass is 32.2. The van der Waals surface area contributed by atoms with Crippen molar-refractivity contribution in [2.24, 2.45) is 10.9 Å². The van der Waals surface area contributed by atoms with Crippen LogP contribution in [0.15, 0.2) is 57.9 Å². The van der Waals surface area contributed by atoms with E-state index in [1.807, 2.05) is 0 Å². The molecule has 2 aromatic carbocycles. The van der Waals surface area contributed by atoms with E-state index in [9.17, 15) is 12.8 Å². The number of nitrogens with zero attached hydrogens (tertiary/aromatic N) is 2. The zero-order valence-corrected chi connectivity index (χ0v) is 14.5. The third-order valence-electron chi connectivity index (χ3n) is 3.79. The SMILES string of the molecule is N[C@@H](Cc1nc(-c2ccc(S(N)(=O)=O)cc2)no1)Cc1ccccc1F. The van der Waals surface area contributed by atoms with Gasteiger partial charge >= 0.3 is 0 Å². The summed E-state index contributed by atoms with van der Waals surface area (Å²) in [7, 11) is -3.76. The zero-order chi connectivity index (χ0) is 18.7. The summed E-state index contributed by atoms with van der Waals surface area (Å²) in [5.41, 5.74) is 7.15. The van der Waals surface area contributed by atoms with Gasteiger partial charge in [0.2, 0.25) is 21.7 Å². The molecule has 9 heteroatoms. The Morgan fingerprint density at radius 2 is 1.77 bits per heavy atom. The molecule has 0 amide bonds. The minimum Gasteiger partial charge on any atom is -0.339 e. The molecule has 4 N–H and O–H groups in total. The molecule has 1 atom stereocenters. The highest BCUT2D eigenvalue weighted by Gasteiger charge is 2.15. The third kappa shape index (κ3) is 4.31. The number of aromatic nitrogens is 2. The molecule has 136 valence electrons. The molecule has 1 aromatic heterocycles. The van der Waals surface area contributed by atoms with Crippen LogP contribution in [0.3, 0.4) is 0 Å². The highest BCUT2D eigenvalue weighted by molar-refractivity contribution is 7.89. The molecule has 0 saturated heterocycles. The lowest BCUT2D eigenvalue weighted by Crippen LogP contribution is -2.26. The maximum atomic E-state index is 13.7. The standard InChI is InChI=1S/C17H17FN4O3S/c18-15-4-2-1-3-12(15)9-13(19)10-16-21-17(22-25-16)11-5-7-14(8-6-11)26(20,23)24/h1-8,13H,9-10,19H2,(H2,20,23,24)/t13-/m1/s1. The van der Waals surface area contributed by atoms with E-state index in [-0.39, 0.29) is 23.2 Å². The van der Waals surface area contributed by atoms with Crippen molar-refractivity contribution >= 4 is 10.0 Å².